The Kier molecular flexibility index (Phi) is 6.88. The number of methoxy groups -OCH3 is 1. The first-order chi connectivity index (χ1) is 18.6. The number of piperazine rings is 1. The van der Waals surface area contributed by atoms with Crippen molar-refractivity contribution in [3.8, 4) is 11.8 Å². The van der Waals surface area contributed by atoms with E-state index >= 15 is 0 Å². The fourth-order valence-corrected chi connectivity index (χ4v) is 6.25. The van der Waals surface area contributed by atoms with E-state index in [2.05, 4.69) is 33.1 Å². The van der Waals surface area contributed by atoms with Gasteiger partial charge in [-0.15, -0.1) is 9.19 Å². The molecule has 0 aliphatic carbocycles. The number of benzene rings is 2. The monoisotopic (exact) mass is 547 g/mol. The second kappa shape index (κ2) is 10.2. The van der Waals surface area contributed by atoms with E-state index in [1.807, 2.05) is 19.1 Å². The van der Waals surface area contributed by atoms with Gasteiger partial charge in [0.2, 0.25) is 0 Å². The van der Waals surface area contributed by atoms with Gasteiger partial charge in [-0.1, -0.05) is 23.4 Å². The Labute approximate surface area is 226 Å². The van der Waals surface area contributed by atoms with E-state index < -0.39 is 10.0 Å². The molecule has 1 aliphatic rings. The molecule has 0 bridgehead atoms. The first-order valence-electron chi connectivity index (χ1n) is 12.5. The number of aryl methyl sites for hydroxylation is 1. The summed E-state index contributed by atoms with van der Waals surface area (Å²) in [5.74, 6) is 0.627. The van der Waals surface area contributed by atoms with E-state index in [0.29, 0.717) is 42.3 Å². The molecule has 4 aromatic rings. The first kappa shape index (κ1) is 26.4. The molecule has 0 N–H and O–H groups in total. The van der Waals surface area contributed by atoms with E-state index in [4.69, 9.17) is 4.74 Å². The summed E-state index contributed by atoms with van der Waals surface area (Å²) in [6.07, 6.45) is 1.45. The lowest BCUT2D eigenvalue weighted by atomic mass is 10.0. The second-order valence-corrected chi connectivity index (χ2v) is 11.6. The number of anilines is 1. The minimum Gasteiger partial charge on any atom is -0.497 e. The summed E-state index contributed by atoms with van der Waals surface area (Å²) >= 11 is 0. The third-order valence-corrected chi connectivity index (χ3v) is 8.80. The average molecular weight is 548 g/mol. The number of hydrogen-bond donors (Lipinski definition) is 0. The summed E-state index contributed by atoms with van der Waals surface area (Å²) in [7, 11) is -0.596. The molecule has 5 rings (SSSR count). The topological polar surface area (TPSA) is 126 Å². The van der Waals surface area contributed by atoms with Crippen LogP contribution in [0.25, 0.3) is 10.9 Å². The molecule has 0 spiro atoms. The number of aromatic nitrogens is 4. The number of rotatable bonds is 6. The molecule has 3 heterocycles. The van der Waals surface area contributed by atoms with Crippen molar-refractivity contribution in [2.75, 3.05) is 25.1 Å². The number of hydrogen-bond acceptors (Lipinski definition) is 9. The normalized spacial score (nSPS) is 18.3. The Balaban J connectivity index is 1.43. The van der Waals surface area contributed by atoms with Crippen LogP contribution in [0.1, 0.15) is 25.1 Å². The minimum absolute atomic E-state index is 0.0148. The summed E-state index contributed by atoms with van der Waals surface area (Å²) < 4.78 is 33.5. The Hall–Kier alpha value is -4.21. The quantitative estimate of drug-likeness (QED) is 0.357. The van der Waals surface area contributed by atoms with Gasteiger partial charge in [-0.3, -0.25) is 9.69 Å². The molecule has 1 saturated heterocycles. The van der Waals surface area contributed by atoms with Gasteiger partial charge >= 0.3 is 0 Å². The molecule has 11 nitrogen and oxygen atoms in total. The van der Waals surface area contributed by atoms with Crippen LogP contribution in [-0.2, 0) is 23.6 Å². The predicted octanol–water partition coefficient (Wildman–Crippen LogP) is 2.35. The van der Waals surface area contributed by atoms with Gasteiger partial charge in [0.25, 0.3) is 15.6 Å². The number of fused-ring (bicyclic) bond motifs is 1. The van der Waals surface area contributed by atoms with Crippen LogP contribution in [0.4, 0.5) is 5.69 Å². The molecule has 2 aromatic carbocycles. The first-order valence-corrected chi connectivity index (χ1v) is 13.9. The van der Waals surface area contributed by atoms with Crippen molar-refractivity contribution in [3.63, 3.8) is 0 Å². The summed E-state index contributed by atoms with van der Waals surface area (Å²) in [5.41, 5.74) is 1.60. The fraction of sp³-hybridized carbons (Fsp3) is 0.333. The smallest absolute Gasteiger partial charge is 0.284 e. The SMILES string of the molecule is COc1ccc2c(N3C[C@@H](C)N(Cc4cn(S(=O)(=O)c5ccccc5)nn4)C[C@@H]3C)c(C#N)c(=O)n(C)c2c1. The highest BCUT2D eigenvalue weighted by atomic mass is 32.2. The number of pyridine rings is 1. The Morgan fingerprint density at radius 2 is 1.85 bits per heavy atom. The maximum atomic E-state index is 13.2. The zero-order valence-electron chi connectivity index (χ0n) is 22.1. The van der Waals surface area contributed by atoms with Crippen LogP contribution in [0.2, 0.25) is 0 Å². The van der Waals surface area contributed by atoms with Gasteiger partial charge in [-0.05, 0) is 38.1 Å². The van der Waals surface area contributed by atoms with E-state index in [1.165, 1.54) is 22.9 Å². The van der Waals surface area contributed by atoms with Crippen LogP contribution < -0.4 is 15.2 Å². The second-order valence-electron chi connectivity index (χ2n) is 9.76. The minimum atomic E-state index is -3.82. The molecule has 1 aliphatic heterocycles. The lowest BCUT2D eigenvalue weighted by molar-refractivity contribution is 0.156. The van der Waals surface area contributed by atoms with Gasteiger partial charge in [-0.2, -0.15) is 13.7 Å². The maximum Gasteiger partial charge on any atom is 0.284 e. The molecule has 202 valence electrons. The molecule has 2 aromatic heterocycles. The van der Waals surface area contributed by atoms with Crippen molar-refractivity contribution in [2.45, 2.75) is 37.4 Å². The van der Waals surface area contributed by atoms with Crippen molar-refractivity contribution in [1.29, 1.82) is 5.26 Å². The Morgan fingerprint density at radius 1 is 1.10 bits per heavy atom. The van der Waals surface area contributed by atoms with Crippen LogP contribution in [-0.4, -0.2) is 64.6 Å². The van der Waals surface area contributed by atoms with E-state index in [1.54, 1.807) is 38.4 Å². The third kappa shape index (κ3) is 4.64. The van der Waals surface area contributed by atoms with Gasteiger partial charge in [0, 0.05) is 50.2 Å². The van der Waals surface area contributed by atoms with Crippen molar-refractivity contribution >= 4 is 26.6 Å². The summed E-state index contributed by atoms with van der Waals surface area (Å²) in [6.45, 7) is 5.67. The number of nitriles is 1. The summed E-state index contributed by atoms with van der Waals surface area (Å²) in [4.78, 5) is 17.6. The van der Waals surface area contributed by atoms with Gasteiger partial charge in [0.15, 0.2) is 0 Å². The predicted molar refractivity (Wildman–Crippen MR) is 146 cm³/mol. The summed E-state index contributed by atoms with van der Waals surface area (Å²) in [6, 6.07) is 15.7. The zero-order valence-corrected chi connectivity index (χ0v) is 23.0. The highest BCUT2D eigenvalue weighted by Crippen LogP contribution is 2.34. The maximum absolute atomic E-state index is 13.2. The fourth-order valence-electron chi connectivity index (χ4n) is 5.14. The molecule has 1 fully saturated rings. The largest absolute Gasteiger partial charge is 0.497 e. The Morgan fingerprint density at radius 3 is 2.54 bits per heavy atom. The molecular weight excluding hydrogens is 518 g/mol. The lowest BCUT2D eigenvalue weighted by Crippen LogP contribution is -2.56. The lowest BCUT2D eigenvalue weighted by Gasteiger charge is -2.45. The standard InChI is InChI=1S/C27H29N7O4S/c1-18-15-33(26-23-11-10-21(38-4)12-25(23)31(3)27(35)24(26)13-28)19(2)14-32(18)16-20-17-34(30-29-20)39(36,37)22-8-6-5-7-9-22/h5-12,17-19H,14-16H2,1-4H3/t18-,19+/m1/s1. The van der Waals surface area contributed by atoms with Gasteiger partial charge in [-0.25, -0.2) is 0 Å². The van der Waals surface area contributed by atoms with Crippen molar-refractivity contribution in [2.24, 2.45) is 7.05 Å². The zero-order chi connectivity index (χ0) is 27.9. The molecule has 0 radical (unpaired) electrons. The van der Waals surface area contributed by atoms with Gasteiger partial charge in [0.05, 0.1) is 35.1 Å². The number of nitrogens with zero attached hydrogens (tertiary/aromatic N) is 7. The highest BCUT2D eigenvalue weighted by molar-refractivity contribution is 7.89. The van der Waals surface area contributed by atoms with Crippen molar-refractivity contribution in [3.05, 3.63) is 76.3 Å². The molecule has 12 heteroatoms. The molecule has 2 atom stereocenters. The molecular formula is C27H29N7O4S. The molecule has 39 heavy (non-hydrogen) atoms. The van der Waals surface area contributed by atoms with Crippen LogP contribution in [0.3, 0.4) is 0 Å². The number of ether oxygens (including phenoxy) is 1. The van der Waals surface area contributed by atoms with Gasteiger partial charge in [0.1, 0.15) is 17.4 Å². The average Bonchev–Trinajstić information content (AvgIpc) is 3.42. The molecule has 0 amide bonds. The molecule has 0 unspecified atom stereocenters. The van der Waals surface area contributed by atoms with Crippen LogP contribution in [0.5, 0.6) is 5.75 Å². The summed E-state index contributed by atoms with van der Waals surface area (Å²) in [5, 5.41) is 18.8. The highest BCUT2D eigenvalue weighted by Gasteiger charge is 2.33. The van der Waals surface area contributed by atoms with E-state index in [9.17, 15) is 18.5 Å². The third-order valence-electron chi connectivity index (χ3n) is 7.26. The Bertz CT molecular complexity index is 1740. The van der Waals surface area contributed by atoms with Crippen molar-refractivity contribution < 1.29 is 13.2 Å². The van der Waals surface area contributed by atoms with Crippen LogP contribution in [0, 0.1) is 11.3 Å². The van der Waals surface area contributed by atoms with Gasteiger partial charge < -0.3 is 14.2 Å². The van der Waals surface area contributed by atoms with Crippen LogP contribution in [0.15, 0.2) is 64.4 Å². The van der Waals surface area contributed by atoms with E-state index in [-0.39, 0.29) is 28.1 Å². The molecule has 0 saturated carbocycles. The van der Waals surface area contributed by atoms with E-state index in [0.717, 1.165) is 9.47 Å². The van der Waals surface area contributed by atoms with Crippen molar-refractivity contribution in [1.82, 2.24) is 23.9 Å². The van der Waals surface area contributed by atoms with Crippen LogP contribution >= 0.6 is 0 Å².